The first-order valence-corrected chi connectivity index (χ1v) is 14.2. The second-order valence-electron chi connectivity index (χ2n) is 9.10. The molecule has 0 fully saturated rings. The Balaban J connectivity index is 4.95. The molecule has 0 aliphatic rings. The Kier molecular flexibility index (Phi) is 17.2. The molecule has 7 heteroatoms. The zero-order valence-electron chi connectivity index (χ0n) is 22.0. The lowest BCUT2D eigenvalue weighted by molar-refractivity contribution is -0.121. The van der Waals surface area contributed by atoms with Crippen LogP contribution in [0, 0.1) is 5.92 Å². The molecule has 0 heterocycles. The fourth-order valence-electron chi connectivity index (χ4n) is 3.44. The van der Waals surface area contributed by atoms with Crippen LogP contribution >= 0.6 is 0 Å². The number of nitrogens with zero attached hydrogens (tertiary/aromatic N) is 1. The molecule has 192 valence electrons. The van der Waals surface area contributed by atoms with Gasteiger partial charge in [0.2, 0.25) is 15.9 Å². The number of nitrogens with one attached hydrogen (secondary N) is 2. The van der Waals surface area contributed by atoms with Crippen molar-refractivity contribution in [2.75, 3.05) is 31.9 Å². The molecule has 1 amide bonds. The van der Waals surface area contributed by atoms with E-state index in [1.54, 1.807) is 0 Å². The molecule has 0 saturated carbocycles. The van der Waals surface area contributed by atoms with E-state index in [1.165, 1.54) is 9.88 Å². The molecule has 2 N–H and O–H groups in total. The van der Waals surface area contributed by atoms with E-state index < -0.39 is 10.0 Å². The first kappa shape index (κ1) is 31.6. The standard InChI is InChI=1S/C26H49N3O3S/c1-8-11-23(6)12-13-24(7)21-25(15-18-27-17-14-22(4)5)28-26(30)16-20-33(31,32)29(10-3)19-9-2/h11-13,22,25,27H,7-10,14-21H2,1-6H3,(H,28,30)/b13-12-,23-11-. The van der Waals surface area contributed by atoms with E-state index in [1.807, 2.05) is 26.0 Å². The maximum Gasteiger partial charge on any atom is 0.221 e. The van der Waals surface area contributed by atoms with Crippen molar-refractivity contribution in [2.24, 2.45) is 5.92 Å². The molecule has 0 aromatic heterocycles. The molecule has 1 atom stereocenters. The molecule has 0 aliphatic carbocycles. The van der Waals surface area contributed by atoms with Crippen LogP contribution in [0.2, 0.25) is 0 Å². The lowest BCUT2D eigenvalue weighted by Gasteiger charge is -2.21. The largest absolute Gasteiger partial charge is 0.353 e. The number of hydrogen-bond donors (Lipinski definition) is 2. The van der Waals surface area contributed by atoms with Crippen molar-refractivity contribution in [3.8, 4) is 0 Å². The molecule has 0 spiro atoms. The van der Waals surface area contributed by atoms with Gasteiger partial charge in [-0.25, -0.2) is 12.7 Å². The third kappa shape index (κ3) is 15.9. The smallest absolute Gasteiger partial charge is 0.221 e. The minimum atomic E-state index is -3.42. The fourth-order valence-corrected chi connectivity index (χ4v) is 4.99. The fraction of sp³-hybridized carbons (Fsp3) is 0.731. The molecular formula is C26H49N3O3S. The van der Waals surface area contributed by atoms with Gasteiger partial charge in [-0.1, -0.05) is 70.6 Å². The van der Waals surface area contributed by atoms with E-state index >= 15 is 0 Å². The van der Waals surface area contributed by atoms with Crippen LogP contribution in [0.15, 0.2) is 36.0 Å². The maximum absolute atomic E-state index is 12.6. The maximum atomic E-state index is 12.6. The zero-order chi connectivity index (χ0) is 25.3. The summed E-state index contributed by atoms with van der Waals surface area (Å²) in [6.45, 7) is 19.1. The number of rotatable bonds is 19. The Labute approximate surface area is 204 Å². The van der Waals surface area contributed by atoms with Gasteiger partial charge in [0.1, 0.15) is 0 Å². The monoisotopic (exact) mass is 483 g/mol. The zero-order valence-corrected chi connectivity index (χ0v) is 22.8. The summed E-state index contributed by atoms with van der Waals surface area (Å²) in [7, 11) is -3.42. The molecule has 0 radical (unpaired) electrons. The Morgan fingerprint density at radius 1 is 1.09 bits per heavy atom. The quantitative estimate of drug-likeness (QED) is 0.204. The highest BCUT2D eigenvalue weighted by Crippen LogP contribution is 2.11. The van der Waals surface area contributed by atoms with Crippen molar-refractivity contribution in [3.05, 3.63) is 36.0 Å². The molecule has 0 saturated heterocycles. The van der Waals surface area contributed by atoms with Gasteiger partial charge in [-0.15, -0.1) is 0 Å². The van der Waals surface area contributed by atoms with E-state index in [4.69, 9.17) is 0 Å². The van der Waals surface area contributed by atoms with Gasteiger partial charge in [-0.3, -0.25) is 4.79 Å². The summed E-state index contributed by atoms with van der Waals surface area (Å²) in [5, 5.41) is 6.49. The third-order valence-corrected chi connectivity index (χ3v) is 7.30. The van der Waals surface area contributed by atoms with E-state index in [9.17, 15) is 13.2 Å². The first-order valence-electron chi connectivity index (χ1n) is 12.6. The van der Waals surface area contributed by atoms with Crippen molar-refractivity contribution >= 4 is 15.9 Å². The lowest BCUT2D eigenvalue weighted by atomic mass is 10.0. The van der Waals surface area contributed by atoms with E-state index in [0.29, 0.717) is 25.4 Å². The number of amides is 1. The van der Waals surface area contributed by atoms with Crippen molar-refractivity contribution in [1.29, 1.82) is 0 Å². The van der Waals surface area contributed by atoms with Gasteiger partial charge in [-0.2, -0.15) is 0 Å². The van der Waals surface area contributed by atoms with E-state index in [0.717, 1.165) is 44.3 Å². The minimum absolute atomic E-state index is 0.0273. The second kappa shape index (κ2) is 18.0. The summed E-state index contributed by atoms with van der Waals surface area (Å²) in [5.74, 6) is 0.264. The number of sulfonamides is 1. The highest BCUT2D eigenvalue weighted by molar-refractivity contribution is 7.89. The van der Waals surface area contributed by atoms with Gasteiger partial charge in [0.25, 0.3) is 0 Å². The topological polar surface area (TPSA) is 78.5 Å². The van der Waals surface area contributed by atoms with Crippen molar-refractivity contribution in [1.82, 2.24) is 14.9 Å². The normalized spacial score (nSPS) is 13.8. The molecule has 0 aromatic carbocycles. The van der Waals surface area contributed by atoms with Crippen LogP contribution in [-0.4, -0.2) is 56.6 Å². The van der Waals surface area contributed by atoms with Gasteiger partial charge in [0.15, 0.2) is 0 Å². The summed E-state index contributed by atoms with van der Waals surface area (Å²) in [6.07, 6.45) is 10.4. The summed E-state index contributed by atoms with van der Waals surface area (Å²) >= 11 is 0. The second-order valence-corrected chi connectivity index (χ2v) is 11.2. The Hall–Kier alpha value is -1.44. The van der Waals surface area contributed by atoms with E-state index in [-0.39, 0.29) is 24.1 Å². The molecule has 33 heavy (non-hydrogen) atoms. The molecule has 0 rings (SSSR count). The van der Waals surface area contributed by atoms with Crippen LogP contribution in [0.3, 0.4) is 0 Å². The van der Waals surface area contributed by atoms with Crippen LogP contribution in [0.1, 0.15) is 80.1 Å². The molecule has 0 bridgehead atoms. The van der Waals surface area contributed by atoms with Crippen LogP contribution in [0.25, 0.3) is 0 Å². The Morgan fingerprint density at radius 2 is 1.76 bits per heavy atom. The van der Waals surface area contributed by atoms with Crippen molar-refractivity contribution < 1.29 is 13.2 Å². The van der Waals surface area contributed by atoms with Gasteiger partial charge < -0.3 is 10.6 Å². The molecule has 0 aliphatic heterocycles. The van der Waals surface area contributed by atoms with E-state index in [2.05, 4.69) is 51.0 Å². The predicted molar refractivity (Wildman–Crippen MR) is 142 cm³/mol. The van der Waals surface area contributed by atoms with Crippen molar-refractivity contribution in [3.63, 3.8) is 0 Å². The van der Waals surface area contributed by atoms with Gasteiger partial charge in [0.05, 0.1) is 5.75 Å². The Bertz CT molecular complexity index is 727. The molecular weight excluding hydrogens is 434 g/mol. The average molecular weight is 484 g/mol. The van der Waals surface area contributed by atoms with Crippen LogP contribution in [-0.2, 0) is 14.8 Å². The molecule has 0 aromatic rings. The molecule has 6 nitrogen and oxygen atoms in total. The highest BCUT2D eigenvalue weighted by Gasteiger charge is 2.22. The lowest BCUT2D eigenvalue weighted by Crippen LogP contribution is -2.40. The van der Waals surface area contributed by atoms with Gasteiger partial charge in [0, 0.05) is 25.6 Å². The van der Waals surface area contributed by atoms with Gasteiger partial charge >= 0.3 is 0 Å². The van der Waals surface area contributed by atoms with Crippen LogP contribution in [0.5, 0.6) is 0 Å². The van der Waals surface area contributed by atoms with Crippen molar-refractivity contribution in [2.45, 2.75) is 86.1 Å². The van der Waals surface area contributed by atoms with Crippen LogP contribution < -0.4 is 10.6 Å². The number of hydrogen-bond acceptors (Lipinski definition) is 4. The number of allylic oxidation sites excluding steroid dienone is 4. The highest BCUT2D eigenvalue weighted by atomic mass is 32.2. The Morgan fingerprint density at radius 3 is 2.33 bits per heavy atom. The van der Waals surface area contributed by atoms with Gasteiger partial charge in [-0.05, 0) is 58.0 Å². The SMILES string of the molecule is C=C(/C=C\C(C)=C/CC)CC(CCNCCC(C)C)NC(=O)CCS(=O)(=O)N(CC)CCC. The summed E-state index contributed by atoms with van der Waals surface area (Å²) in [6, 6.07) is -0.0858. The predicted octanol–water partition coefficient (Wildman–Crippen LogP) is 4.81. The summed E-state index contributed by atoms with van der Waals surface area (Å²) < 4.78 is 26.5. The van der Waals surface area contributed by atoms with Crippen LogP contribution in [0.4, 0.5) is 0 Å². The molecule has 1 unspecified atom stereocenters. The number of carbonyl (C=O) groups excluding carboxylic acids is 1. The first-order chi connectivity index (χ1) is 15.5. The number of carbonyl (C=O) groups is 1. The average Bonchev–Trinajstić information content (AvgIpc) is 2.74. The summed E-state index contributed by atoms with van der Waals surface area (Å²) in [4.78, 5) is 12.6. The summed E-state index contributed by atoms with van der Waals surface area (Å²) in [5.41, 5.74) is 2.13. The third-order valence-electron chi connectivity index (χ3n) is 5.36. The minimum Gasteiger partial charge on any atom is -0.353 e.